The molecule has 2 heterocycles. The topological polar surface area (TPSA) is 76.0 Å². The third-order valence-electron chi connectivity index (χ3n) is 3.89. The van der Waals surface area contributed by atoms with Crippen LogP contribution < -0.4 is 10.6 Å². The molecule has 1 aliphatic carbocycles. The number of thiophene rings is 1. The van der Waals surface area contributed by atoms with E-state index < -0.39 is 0 Å². The fraction of sp³-hybridized carbons (Fsp3) is 0.438. The van der Waals surface area contributed by atoms with Gasteiger partial charge in [-0.05, 0) is 37.3 Å². The van der Waals surface area contributed by atoms with Crippen LogP contribution in [0.4, 0.5) is 5.00 Å². The van der Waals surface area contributed by atoms with Gasteiger partial charge in [0.05, 0.1) is 17.8 Å². The molecule has 0 bridgehead atoms. The Kier molecular flexibility index (Phi) is 4.47. The van der Waals surface area contributed by atoms with Crippen LogP contribution in [-0.2, 0) is 31.2 Å². The number of rotatable bonds is 4. The van der Waals surface area contributed by atoms with Crippen molar-refractivity contribution in [1.29, 1.82) is 0 Å². The number of carbonyl (C=O) groups is 2. The van der Waals surface area contributed by atoms with E-state index in [9.17, 15) is 9.59 Å². The summed E-state index contributed by atoms with van der Waals surface area (Å²) in [4.78, 5) is 25.3. The van der Waals surface area contributed by atoms with Crippen molar-refractivity contribution in [2.24, 2.45) is 7.05 Å². The molecule has 7 heteroatoms. The molecule has 3 rings (SSSR count). The summed E-state index contributed by atoms with van der Waals surface area (Å²) in [6.07, 6.45) is 5.96. The SMILES string of the molecule is CC(=O)Nc1sc2c(c1C(=O)NCc1ccn(C)n1)CCCC2. The summed E-state index contributed by atoms with van der Waals surface area (Å²) >= 11 is 1.53. The van der Waals surface area contributed by atoms with E-state index in [-0.39, 0.29) is 11.8 Å². The van der Waals surface area contributed by atoms with Gasteiger partial charge in [-0.2, -0.15) is 5.10 Å². The van der Waals surface area contributed by atoms with Crippen LogP contribution in [0, 0.1) is 0 Å². The maximum Gasteiger partial charge on any atom is 0.254 e. The molecule has 1 aliphatic rings. The number of amides is 2. The maximum absolute atomic E-state index is 12.7. The number of hydrogen-bond acceptors (Lipinski definition) is 4. The highest BCUT2D eigenvalue weighted by molar-refractivity contribution is 7.17. The Labute approximate surface area is 138 Å². The van der Waals surface area contributed by atoms with Crippen LogP contribution in [0.25, 0.3) is 0 Å². The first-order valence-electron chi connectivity index (χ1n) is 7.73. The van der Waals surface area contributed by atoms with Crippen LogP contribution in [0.1, 0.15) is 46.3 Å². The number of nitrogens with zero attached hydrogens (tertiary/aromatic N) is 2. The molecule has 0 fully saturated rings. The van der Waals surface area contributed by atoms with Crippen LogP contribution in [0.3, 0.4) is 0 Å². The summed E-state index contributed by atoms with van der Waals surface area (Å²) < 4.78 is 1.71. The number of hydrogen-bond donors (Lipinski definition) is 2. The maximum atomic E-state index is 12.7. The fourth-order valence-corrected chi connectivity index (χ4v) is 4.20. The molecule has 0 saturated carbocycles. The van der Waals surface area contributed by atoms with Gasteiger partial charge in [-0.15, -0.1) is 11.3 Å². The monoisotopic (exact) mass is 332 g/mol. The Morgan fingerprint density at radius 1 is 1.35 bits per heavy atom. The third-order valence-corrected chi connectivity index (χ3v) is 5.09. The number of aromatic nitrogens is 2. The standard InChI is InChI=1S/C16H20N4O2S/c1-10(21)18-16-14(12-5-3-4-6-13(12)23-16)15(22)17-9-11-7-8-20(2)19-11/h7-8H,3-6,9H2,1-2H3,(H,17,22)(H,18,21). The van der Waals surface area contributed by atoms with Gasteiger partial charge in [-0.3, -0.25) is 14.3 Å². The molecular formula is C16H20N4O2S. The van der Waals surface area contributed by atoms with Crippen LogP contribution in [0.2, 0.25) is 0 Å². The lowest BCUT2D eigenvalue weighted by Gasteiger charge is -2.13. The highest BCUT2D eigenvalue weighted by Crippen LogP contribution is 2.38. The number of nitrogens with one attached hydrogen (secondary N) is 2. The molecular weight excluding hydrogens is 312 g/mol. The molecule has 2 aromatic rings. The van der Waals surface area contributed by atoms with Crippen LogP contribution in [0.5, 0.6) is 0 Å². The smallest absolute Gasteiger partial charge is 0.254 e. The predicted molar refractivity (Wildman–Crippen MR) is 89.6 cm³/mol. The van der Waals surface area contributed by atoms with Crippen molar-refractivity contribution in [2.45, 2.75) is 39.2 Å². The van der Waals surface area contributed by atoms with Gasteiger partial charge >= 0.3 is 0 Å². The fourth-order valence-electron chi connectivity index (χ4n) is 2.87. The summed E-state index contributed by atoms with van der Waals surface area (Å²) in [5.74, 6) is -0.291. The molecule has 0 aliphatic heterocycles. The number of carbonyl (C=O) groups excluding carboxylic acids is 2. The van der Waals surface area contributed by atoms with Crippen molar-refractivity contribution in [1.82, 2.24) is 15.1 Å². The number of fused-ring (bicyclic) bond motifs is 1. The van der Waals surface area contributed by atoms with Crippen molar-refractivity contribution in [3.8, 4) is 0 Å². The molecule has 0 radical (unpaired) electrons. The average molecular weight is 332 g/mol. The van der Waals surface area contributed by atoms with E-state index in [0.29, 0.717) is 17.1 Å². The van der Waals surface area contributed by atoms with E-state index in [4.69, 9.17) is 0 Å². The summed E-state index contributed by atoms with van der Waals surface area (Å²) in [5.41, 5.74) is 2.55. The first-order chi connectivity index (χ1) is 11.0. The van der Waals surface area contributed by atoms with Gasteiger partial charge in [0.25, 0.3) is 5.91 Å². The molecule has 23 heavy (non-hydrogen) atoms. The molecule has 122 valence electrons. The second-order valence-electron chi connectivity index (χ2n) is 5.76. The highest BCUT2D eigenvalue weighted by Gasteiger charge is 2.25. The van der Waals surface area contributed by atoms with Gasteiger partial charge in [0.1, 0.15) is 5.00 Å². The van der Waals surface area contributed by atoms with Crippen LogP contribution in [-0.4, -0.2) is 21.6 Å². The largest absolute Gasteiger partial charge is 0.346 e. The van der Waals surface area contributed by atoms with Gasteiger partial charge in [0.2, 0.25) is 5.91 Å². The molecule has 6 nitrogen and oxygen atoms in total. The van der Waals surface area contributed by atoms with Crippen LogP contribution >= 0.6 is 11.3 Å². The Bertz CT molecular complexity index is 747. The van der Waals surface area contributed by atoms with Crippen molar-refractivity contribution in [3.05, 3.63) is 34.0 Å². The third kappa shape index (κ3) is 3.44. The minimum absolute atomic E-state index is 0.140. The van der Waals surface area contributed by atoms with E-state index in [1.54, 1.807) is 4.68 Å². The van der Waals surface area contributed by atoms with Crippen molar-refractivity contribution in [3.63, 3.8) is 0 Å². The Balaban J connectivity index is 1.82. The Morgan fingerprint density at radius 3 is 2.83 bits per heavy atom. The zero-order valence-electron chi connectivity index (χ0n) is 13.3. The predicted octanol–water partition coefficient (Wildman–Crippen LogP) is 2.25. The first kappa shape index (κ1) is 15.7. The molecule has 0 atom stereocenters. The molecule has 0 saturated heterocycles. The molecule has 0 unspecified atom stereocenters. The van der Waals surface area contributed by atoms with Crippen molar-refractivity contribution < 1.29 is 9.59 Å². The Morgan fingerprint density at radius 2 is 2.13 bits per heavy atom. The van der Waals surface area contributed by atoms with E-state index in [0.717, 1.165) is 36.9 Å². The van der Waals surface area contributed by atoms with Gasteiger partial charge < -0.3 is 10.6 Å². The molecule has 0 spiro atoms. The summed E-state index contributed by atoms with van der Waals surface area (Å²) in [6, 6.07) is 1.87. The number of anilines is 1. The lowest BCUT2D eigenvalue weighted by atomic mass is 9.95. The first-order valence-corrected chi connectivity index (χ1v) is 8.55. The molecule has 2 amide bonds. The zero-order chi connectivity index (χ0) is 16.4. The summed E-state index contributed by atoms with van der Waals surface area (Å²) in [6.45, 7) is 1.85. The van der Waals surface area contributed by atoms with E-state index >= 15 is 0 Å². The minimum atomic E-state index is -0.151. The van der Waals surface area contributed by atoms with Gasteiger partial charge in [0.15, 0.2) is 0 Å². The zero-order valence-corrected chi connectivity index (χ0v) is 14.1. The lowest BCUT2D eigenvalue weighted by Crippen LogP contribution is -2.25. The summed E-state index contributed by atoms with van der Waals surface area (Å²) in [7, 11) is 1.84. The van der Waals surface area contributed by atoms with E-state index in [1.165, 1.54) is 23.1 Å². The highest BCUT2D eigenvalue weighted by atomic mass is 32.1. The van der Waals surface area contributed by atoms with Gasteiger partial charge in [-0.1, -0.05) is 0 Å². The molecule has 0 aromatic carbocycles. The van der Waals surface area contributed by atoms with Crippen LogP contribution in [0.15, 0.2) is 12.3 Å². The van der Waals surface area contributed by atoms with Crippen molar-refractivity contribution >= 4 is 28.2 Å². The number of aryl methyl sites for hydroxylation is 2. The minimum Gasteiger partial charge on any atom is -0.346 e. The normalized spacial score (nSPS) is 13.5. The van der Waals surface area contributed by atoms with E-state index in [2.05, 4.69) is 15.7 Å². The summed E-state index contributed by atoms with van der Waals surface area (Å²) in [5, 5.41) is 10.7. The molecule has 2 N–H and O–H groups in total. The van der Waals surface area contributed by atoms with E-state index in [1.807, 2.05) is 19.3 Å². The van der Waals surface area contributed by atoms with Gasteiger partial charge in [0, 0.05) is 25.0 Å². The average Bonchev–Trinajstić information content (AvgIpc) is 3.07. The van der Waals surface area contributed by atoms with Crippen molar-refractivity contribution in [2.75, 3.05) is 5.32 Å². The van der Waals surface area contributed by atoms with Gasteiger partial charge in [-0.25, -0.2) is 0 Å². The molecule has 2 aromatic heterocycles. The Hall–Kier alpha value is -2.15. The second-order valence-corrected chi connectivity index (χ2v) is 6.86. The quantitative estimate of drug-likeness (QED) is 0.901. The second kappa shape index (κ2) is 6.54. The lowest BCUT2D eigenvalue weighted by molar-refractivity contribution is -0.114.